The average Bonchev–Trinajstić information content (AvgIpc) is 3.24. The average molecular weight is 341 g/mol. The van der Waals surface area contributed by atoms with Gasteiger partial charge < -0.3 is 10.3 Å². The van der Waals surface area contributed by atoms with E-state index in [9.17, 15) is 4.79 Å². The Morgan fingerprint density at radius 3 is 2.67 bits per heavy atom. The van der Waals surface area contributed by atoms with Crippen molar-refractivity contribution < 1.29 is 0 Å². The van der Waals surface area contributed by atoms with E-state index in [1.165, 1.54) is 24.8 Å². The van der Waals surface area contributed by atoms with Crippen LogP contribution in [0.5, 0.6) is 0 Å². The van der Waals surface area contributed by atoms with Gasteiger partial charge in [-0.3, -0.25) is 14.6 Å². The summed E-state index contributed by atoms with van der Waals surface area (Å²) in [5.74, 6) is 0.604. The Balaban J connectivity index is 1.77. The van der Waals surface area contributed by atoms with E-state index in [4.69, 9.17) is 10.2 Å². The van der Waals surface area contributed by atoms with Crippen molar-refractivity contribution in [1.82, 2.24) is 14.8 Å². The Bertz CT molecular complexity index is 909. The molecule has 6 nitrogen and oxygen atoms in total. The van der Waals surface area contributed by atoms with Crippen molar-refractivity contribution in [2.75, 3.05) is 5.32 Å². The first kappa shape index (κ1) is 15.3. The molecule has 0 spiro atoms. The van der Waals surface area contributed by atoms with E-state index in [1.807, 2.05) is 35.0 Å². The molecule has 124 valence electrons. The lowest BCUT2D eigenvalue weighted by Gasteiger charge is -2.10. The van der Waals surface area contributed by atoms with Crippen molar-refractivity contribution in [3.8, 4) is 0 Å². The number of nitrogens with two attached hydrogens (primary N) is 1. The van der Waals surface area contributed by atoms with Crippen LogP contribution in [0.3, 0.4) is 0 Å². The van der Waals surface area contributed by atoms with Crippen molar-refractivity contribution in [2.24, 2.45) is 5.14 Å². The highest BCUT2D eigenvalue weighted by Gasteiger charge is 2.22. The molecule has 0 saturated heterocycles. The van der Waals surface area contributed by atoms with Crippen molar-refractivity contribution in [3.63, 3.8) is 0 Å². The van der Waals surface area contributed by atoms with Gasteiger partial charge in [-0.1, -0.05) is 12.8 Å². The predicted molar refractivity (Wildman–Crippen MR) is 97.6 cm³/mol. The number of H-pyrrole nitrogens is 1. The van der Waals surface area contributed by atoms with Gasteiger partial charge in [0.05, 0.1) is 11.6 Å². The van der Waals surface area contributed by atoms with Crippen molar-refractivity contribution in [3.05, 3.63) is 46.9 Å². The number of hydrogen-bond acceptors (Lipinski definition) is 5. The lowest BCUT2D eigenvalue weighted by molar-refractivity contribution is 0.483. The predicted octanol–water partition coefficient (Wildman–Crippen LogP) is 3.55. The zero-order chi connectivity index (χ0) is 16.5. The summed E-state index contributed by atoms with van der Waals surface area (Å²) in [6, 6.07) is 10.1. The van der Waals surface area contributed by atoms with Gasteiger partial charge in [0.25, 0.3) is 5.56 Å². The standard InChI is InChI=1S/C17H19N5OS/c18-24-13-7-5-11(6-8-13)20-16-15-14(9-10-19-17(15)23)22(21-16)12-3-1-2-4-12/h5-10,12H,1-4,18H2,(H,19,23)(H,20,21). The number of aromatic nitrogens is 3. The summed E-state index contributed by atoms with van der Waals surface area (Å²) in [6.45, 7) is 0. The first-order chi connectivity index (χ1) is 11.8. The highest BCUT2D eigenvalue weighted by molar-refractivity contribution is 7.97. The van der Waals surface area contributed by atoms with Gasteiger partial charge >= 0.3 is 0 Å². The molecule has 4 rings (SSSR count). The number of benzene rings is 1. The number of fused-ring (bicyclic) bond motifs is 1. The molecule has 1 fully saturated rings. The van der Waals surface area contributed by atoms with Crippen LogP contribution in [0.25, 0.3) is 10.9 Å². The fourth-order valence-electron chi connectivity index (χ4n) is 3.37. The fraction of sp³-hybridized carbons (Fsp3) is 0.294. The number of rotatable bonds is 4. The molecule has 1 saturated carbocycles. The number of anilines is 2. The zero-order valence-corrected chi connectivity index (χ0v) is 14.0. The normalized spacial score (nSPS) is 15.2. The highest BCUT2D eigenvalue weighted by Crippen LogP contribution is 2.33. The summed E-state index contributed by atoms with van der Waals surface area (Å²) >= 11 is 1.21. The minimum Gasteiger partial charge on any atom is -0.338 e. The molecule has 4 N–H and O–H groups in total. The minimum absolute atomic E-state index is 0.117. The first-order valence-electron chi connectivity index (χ1n) is 8.10. The molecule has 1 aromatic carbocycles. The van der Waals surface area contributed by atoms with E-state index in [-0.39, 0.29) is 5.56 Å². The number of nitrogens with one attached hydrogen (secondary N) is 2. The number of nitrogens with zero attached hydrogens (tertiary/aromatic N) is 2. The Kier molecular flexibility index (Phi) is 4.03. The van der Waals surface area contributed by atoms with E-state index in [1.54, 1.807) is 6.20 Å². The van der Waals surface area contributed by atoms with Crippen molar-refractivity contribution in [1.29, 1.82) is 0 Å². The summed E-state index contributed by atoms with van der Waals surface area (Å²) < 4.78 is 2.02. The monoisotopic (exact) mass is 341 g/mol. The molecule has 2 aromatic heterocycles. The molecular weight excluding hydrogens is 322 g/mol. The third-order valence-electron chi connectivity index (χ3n) is 4.55. The van der Waals surface area contributed by atoms with Gasteiger partial charge in [0, 0.05) is 16.8 Å². The number of hydrogen-bond donors (Lipinski definition) is 3. The summed E-state index contributed by atoms with van der Waals surface area (Å²) in [6.07, 6.45) is 6.36. The summed E-state index contributed by atoms with van der Waals surface area (Å²) in [5, 5.41) is 14.2. The van der Waals surface area contributed by atoms with Crippen LogP contribution < -0.4 is 16.0 Å². The zero-order valence-electron chi connectivity index (χ0n) is 13.2. The molecule has 0 radical (unpaired) electrons. The second-order valence-electron chi connectivity index (χ2n) is 6.07. The van der Waals surface area contributed by atoms with Crippen LogP contribution in [-0.4, -0.2) is 14.8 Å². The first-order valence-corrected chi connectivity index (χ1v) is 8.98. The Morgan fingerprint density at radius 2 is 1.96 bits per heavy atom. The molecule has 1 aliphatic carbocycles. The third-order valence-corrected chi connectivity index (χ3v) is 5.10. The maximum atomic E-state index is 12.3. The molecule has 3 aromatic rings. The van der Waals surface area contributed by atoms with Crippen molar-refractivity contribution in [2.45, 2.75) is 36.6 Å². The molecule has 1 aliphatic rings. The van der Waals surface area contributed by atoms with E-state index in [2.05, 4.69) is 10.3 Å². The smallest absolute Gasteiger partial charge is 0.261 e. The molecule has 7 heteroatoms. The Hall–Kier alpha value is -2.25. The minimum atomic E-state index is -0.117. The molecule has 24 heavy (non-hydrogen) atoms. The van der Waals surface area contributed by atoms with Gasteiger partial charge in [-0.15, -0.1) is 0 Å². The fourth-order valence-corrected chi connectivity index (χ4v) is 3.66. The molecule has 0 atom stereocenters. The molecule has 0 aliphatic heterocycles. The summed E-state index contributed by atoms with van der Waals surface area (Å²) in [4.78, 5) is 16.1. The van der Waals surface area contributed by atoms with Crippen LogP contribution in [-0.2, 0) is 0 Å². The topological polar surface area (TPSA) is 88.7 Å². The van der Waals surface area contributed by atoms with Gasteiger partial charge in [-0.2, -0.15) is 5.10 Å². The van der Waals surface area contributed by atoms with Crippen LogP contribution in [0.4, 0.5) is 11.5 Å². The number of pyridine rings is 1. The Morgan fingerprint density at radius 1 is 1.21 bits per heavy atom. The lowest BCUT2D eigenvalue weighted by Crippen LogP contribution is -2.08. The lowest BCUT2D eigenvalue weighted by atomic mass is 10.2. The van der Waals surface area contributed by atoms with Gasteiger partial charge in [-0.05, 0) is 55.1 Å². The van der Waals surface area contributed by atoms with E-state index in [0.717, 1.165) is 28.9 Å². The largest absolute Gasteiger partial charge is 0.338 e. The molecular formula is C17H19N5OS. The van der Waals surface area contributed by atoms with Gasteiger partial charge in [0.15, 0.2) is 5.82 Å². The van der Waals surface area contributed by atoms with Gasteiger partial charge in [0.2, 0.25) is 0 Å². The number of aromatic amines is 1. The summed E-state index contributed by atoms with van der Waals surface area (Å²) in [7, 11) is 0. The maximum Gasteiger partial charge on any atom is 0.261 e. The van der Waals surface area contributed by atoms with Crippen LogP contribution >= 0.6 is 11.9 Å². The van der Waals surface area contributed by atoms with Crippen LogP contribution in [0.15, 0.2) is 46.2 Å². The van der Waals surface area contributed by atoms with Gasteiger partial charge in [0.1, 0.15) is 5.39 Å². The molecule has 2 heterocycles. The van der Waals surface area contributed by atoms with Crippen LogP contribution in [0.2, 0.25) is 0 Å². The third kappa shape index (κ3) is 2.70. The van der Waals surface area contributed by atoms with Gasteiger partial charge in [-0.25, -0.2) is 0 Å². The second kappa shape index (κ2) is 6.33. The molecule has 0 bridgehead atoms. The second-order valence-corrected chi connectivity index (χ2v) is 6.77. The van der Waals surface area contributed by atoms with E-state index in [0.29, 0.717) is 17.2 Å². The van der Waals surface area contributed by atoms with Crippen molar-refractivity contribution >= 4 is 34.4 Å². The highest BCUT2D eigenvalue weighted by atomic mass is 32.2. The van der Waals surface area contributed by atoms with Crippen LogP contribution in [0.1, 0.15) is 31.7 Å². The Labute approximate surface area is 143 Å². The van der Waals surface area contributed by atoms with Crippen LogP contribution in [0, 0.1) is 0 Å². The maximum absolute atomic E-state index is 12.3. The summed E-state index contributed by atoms with van der Waals surface area (Å²) in [5.41, 5.74) is 1.66. The van der Waals surface area contributed by atoms with E-state index < -0.39 is 0 Å². The SMILES string of the molecule is NSc1ccc(Nc2nn(C3CCCC3)c3cc[nH]c(=O)c23)cc1. The molecule has 0 unspecified atom stereocenters. The van der Waals surface area contributed by atoms with E-state index >= 15 is 0 Å². The quantitative estimate of drug-likeness (QED) is 0.632. The molecule has 0 amide bonds.